The van der Waals surface area contributed by atoms with Gasteiger partial charge in [0.2, 0.25) is 0 Å². The Kier molecular flexibility index (Phi) is 3.08. The molecule has 1 aromatic heterocycles. The molecule has 1 amide bonds. The zero-order valence-corrected chi connectivity index (χ0v) is 10.2. The Bertz CT molecular complexity index is 477. The summed E-state index contributed by atoms with van der Waals surface area (Å²) in [5, 5.41) is 22.5. The second-order valence-corrected chi connectivity index (χ2v) is 4.50. The molecule has 2 atom stereocenters. The van der Waals surface area contributed by atoms with Gasteiger partial charge in [-0.2, -0.15) is 5.10 Å². The molecule has 1 fully saturated rings. The number of carbonyl (C=O) groups excluding carboxylic acids is 1. The number of hydrogen-bond donors (Lipinski definition) is 2. The highest BCUT2D eigenvalue weighted by molar-refractivity contribution is 5.95. The fourth-order valence-electron chi connectivity index (χ4n) is 2.08. The lowest BCUT2D eigenvalue weighted by Crippen LogP contribution is -2.40. The second kappa shape index (κ2) is 4.41. The number of rotatable bonds is 2. The highest BCUT2D eigenvalue weighted by Gasteiger charge is 2.39. The molecular formula is C11H15N3O4. The SMILES string of the molecule is Cc1cc(C(=O)N2C[C@@H](O)C[C@H]2C(=O)O)nn1C. The van der Waals surface area contributed by atoms with Gasteiger partial charge >= 0.3 is 5.97 Å². The van der Waals surface area contributed by atoms with Crippen LogP contribution in [0, 0.1) is 6.92 Å². The smallest absolute Gasteiger partial charge is 0.326 e. The Morgan fingerprint density at radius 1 is 1.50 bits per heavy atom. The molecule has 0 unspecified atom stereocenters. The highest BCUT2D eigenvalue weighted by Crippen LogP contribution is 2.20. The van der Waals surface area contributed by atoms with Crippen molar-refractivity contribution in [2.24, 2.45) is 7.05 Å². The summed E-state index contributed by atoms with van der Waals surface area (Å²) in [5.74, 6) is -1.56. The number of carboxylic acids is 1. The monoisotopic (exact) mass is 253 g/mol. The fourth-order valence-corrected chi connectivity index (χ4v) is 2.08. The summed E-state index contributed by atoms with van der Waals surface area (Å²) in [7, 11) is 1.71. The van der Waals surface area contributed by atoms with Crippen LogP contribution in [-0.4, -0.2) is 55.5 Å². The molecule has 1 aliphatic rings. The van der Waals surface area contributed by atoms with Gasteiger partial charge in [0.1, 0.15) is 6.04 Å². The molecule has 0 spiro atoms. The first kappa shape index (κ1) is 12.6. The molecule has 7 nitrogen and oxygen atoms in total. The molecule has 18 heavy (non-hydrogen) atoms. The van der Waals surface area contributed by atoms with Crippen molar-refractivity contribution in [1.82, 2.24) is 14.7 Å². The normalized spacial score (nSPS) is 23.4. The Morgan fingerprint density at radius 2 is 2.17 bits per heavy atom. The number of aliphatic carboxylic acids is 1. The topological polar surface area (TPSA) is 95.7 Å². The lowest BCUT2D eigenvalue weighted by atomic mass is 10.2. The van der Waals surface area contributed by atoms with E-state index in [2.05, 4.69) is 5.10 Å². The second-order valence-electron chi connectivity index (χ2n) is 4.50. The third-order valence-corrected chi connectivity index (χ3v) is 3.16. The quantitative estimate of drug-likeness (QED) is 0.733. The van der Waals surface area contributed by atoms with Gasteiger partial charge in [0, 0.05) is 25.7 Å². The van der Waals surface area contributed by atoms with E-state index in [-0.39, 0.29) is 18.7 Å². The maximum absolute atomic E-state index is 12.1. The third-order valence-electron chi connectivity index (χ3n) is 3.16. The Labute approximate surface area is 104 Å². The molecule has 2 rings (SSSR count). The molecule has 2 N–H and O–H groups in total. The summed E-state index contributed by atoms with van der Waals surface area (Å²) in [6.45, 7) is 1.84. The molecule has 1 aromatic rings. The van der Waals surface area contributed by atoms with Crippen molar-refractivity contribution in [3.63, 3.8) is 0 Å². The van der Waals surface area contributed by atoms with Gasteiger partial charge in [-0.3, -0.25) is 9.48 Å². The minimum atomic E-state index is -1.10. The zero-order chi connectivity index (χ0) is 13.4. The van der Waals surface area contributed by atoms with Crippen molar-refractivity contribution in [2.45, 2.75) is 25.5 Å². The molecule has 7 heteroatoms. The number of aromatic nitrogens is 2. The summed E-state index contributed by atoms with van der Waals surface area (Å²) in [6.07, 6.45) is -0.729. The lowest BCUT2D eigenvalue weighted by molar-refractivity contribution is -0.141. The van der Waals surface area contributed by atoms with Gasteiger partial charge in [0.05, 0.1) is 6.10 Å². The van der Waals surface area contributed by atoms with Crippen molar-refractivity contribution >= 4 is 11.9 Å². The third kappa shape index (κ3) is 2.08. The molecule has 0 radical (unpaired) electrons. The summed E-state index contributed by atoms with van der Waals surface area (Å²) < 4.78 is 1.55. The van der Waals surface area contributed by atoms with E-state index in [0.717, 1.165) is 10.6 Å². The van der Waals surface area contributed by atoms with Crippen LogP contribution < -0.4 is 0 Å². The van der Waals surface area contributed by atoms with E-state index in [9.17, 15) is 14.7 Å². The standard InChI is InChI=1S/C11H15N3O4/c1-6-3-8(12-13(6)2)10(16)14-5-7(15)4-9(14)11(17)18/h3,7,9,15H,4-5H2,1-2H3,(H,17,18)/t7-,9-/m0/s1. The minimum Gasteiger partial charge on any atom is -0.480 e. The molecule has 1 aliphatic heterocycles. The van der Waals surface area contributed by atoms with Gasteiger partial charge in [0.25, 0.3) is 5.91 Å². The first-order valence-corrected chi connectivity index (χ1v) is 5.62. The highest BCUT2D eigenvalue weighted by atomic mass is 16.4. The number of nitrogens with zero attached hydrogens (tertiary/aromatic N) is 3. The van der Waals surface area contributed by atoms with Gasteiger partial charge in [-0.15, -0.1) is 0 Å². The van der Waals surface area contributed by atoms with Crippen LogP contribution in [0.2, 0.25) is 0 Å². The van der Waals surface area contributed by atoms with Gasteiger partial charge in [-0.25, -0.2) is 4.79 Å². The van der Waals surface area contributed by atoms with E-state index in [4.69, 9.17) is 5.11 Å². The number of carbonyl (C=O) groups is 2. The Morgan fingerprint density at radius 3 is 2.67 bits per heavy atom. The number of aliphatic hydroxyl groups excluding tert-OH is 1. The predicted molar refractivity (Wildman–Crippen MR) is 61.0 cm³/mol. The van der Waals surface area contributed by atoms with Crippen molar-refractivity contribution < 1.29 is 19.8 Å². The number of aliphatic hydroxyl groups is 1. The summed E-state index contributed by atoms with van der Waals surface area (Å²) in [4.78, 5) is 24.3. The number of aryl methyl sites for hydroxylation is 2. The summed E-state index contributed by atoms with van der Waals surface area (Å²) in [6, 6.07) is 0.626. The number of hydrogen-bond acceptors (Lipinski definition) is 4. The van der Waals surface area contributed by atoms with Crippen LogP contribution >= 0.6 is 0 Å². The van der Waals surface area contributed by atoms with Gasteiger partial charge in [-0.1, -0.05) is 0 Å². The molecule has 0 saturated carbocycles. The fraction of sp³-hybridized carbons (Fsp3) is 0.545. The number of β-amino-alcohol motifs (C(OH)–C–C–N with tert-alkyl or cyclic N) is 1. The van der Waals surface area contributed by atoms with Crippen molar-refractivity contribution in [3.05, 3.63) is 17.5 Å². The van der Waals surface area contributed by atoms with Crippen molar-refractivity contribution in [3.8, 4) is 0 Å². The van der Waals surface area contributed by atoms with Crippen LogP contribution in [0.15, 0.2) is 6.07 Å². The number of amides is 1. The maximum Gasteiger partial charge on any atom is 0.326 e. The van der Waals surface area contributed by atoms with Crippen LogP contribution in [0.25, 0.3) is 0 Å². The van der Waals surface area contributed by atoms with Crippen LogP contribution in [0.5, 0.6) is 0 Å². The lowest BCUT2D eigenvalue weighted by Gasteiger charge is -2.19. The van der Waals surface area contributed by atoms with E-state index in [1.807, 2.05) is 0 Å². The molecule has 0 aromatic carbocycles. The van der Waals surface area contributed by atoms with Gasteiger partial charge in [-0.05, 0) is 13.0 Å². The van der Waals surface area contributed by atoms with Crippen LogP contribution in [0.4, 0.5) is 0 Å². The van der Waals surface area contributed by atoms with Crippen molar-refractivity contribution in [1.29, 1.82) is 0 Å². The number of likely N-dealkylation sites (tertiary alicyclic amines) is 1. The first-order chi connectivity index (χ1) is 8.40. The maximum atomic E-state index is 12.1. The number of carboxylic acid groups (broad SMARTS) is 1. The molecule has 98 valence electrons. The Hall–Kier alpha value is -1.89. The van der Waals surface area contributed by atoms with E-state index in [1.165, 1.54) is 0 Å². The molecule has 2 heterocycles. The molecule has 0 bridgehead atoms. The van der Waals surface area contributed by atoms with Crippen LogP contribution in [0.1, 0.15) is 22.6 Å². The average molecular weight is 253 g/mol. The zero-order valence-electron chi connectivity index (χ0n) is 10.2. The molecule has 0 aliphatic carbocycles. The van der Waals surface area contributed by atoms with Crippen LogP contribution in [0.3, 0.4) is 0 Å². The average Bonchev–Trinajstić information content (AvgIpc) is 2.82. The van der Waals surface area contributed by atoms with E-state index >= 15 is 0 Å². The minimum absolute atomic E-state index is 0.0332. The van der Waals surface area contributed by atoms with E-state index < -0.39 is 24.0 Å². The Balaban J connectivity index is 2.25. The predicted octanol–water partition coefficient (Wildman–Crippen LogP) is -0.611. The van der Waals surface area contributed by atoms with E-state index in [0.29, 0.717) is 0 Å². The van der Waals surface area contributed by atoms with Gasteiger partial charge < -0.3 is 15.1 Å². The first-order valence-electron chi connectivity index (χ1n) is 5.62. The van der Waals surface area contributed by atoms with E-state index in [1.54, 1.807) is 24.7 Å². The summed E-state index contributed by atoms with van der Waals surface area (Å²) >= 11 is 0. The molecule has 1 saturated heterocycles. The summed E-state index contributed by atoms with van der Waals surface area (Å²) in [5.41, 5.74) is 1.01. The largest absolute Gasteiger partial charge is 0.480 e. The molecular weight excluding hydrogens is 238 g/mol. The van der Waals surface area contributed by atoms with Gasteiger partial charge in [0.15, 0.2) is 5.69 Å². The van der Waals surface area contributed by atoms with Crippen molar-refractivity contribution in [2.75, 3.05) is 6.54 Å². The van der Waals surface area contributed by atoms with Crippen LogP contribution in [-0.2, 0) is 11.8 Å².